The normalized spacial score (nSPS) is 14.7. The summed E-state index contributed by atoms with van der Waals surface area (Å²) in [5.41, 5.74) is 6.01. The second kappa shape index (κ2) is 13.4. The SMILES string of the molecule is CCCCCCCCCCCCC(N)C(C)OC. The highest BCUT2D eigenvalue weighted by molar-refractivity contribution is 4.68. The summed E-state index contributed by atoms with van der Waals surface area (Å²) in [7, 11) is 1.74. The fourth-order valence-electron chi connectivity index (χ4n) is 2.28. The average molecular weight is 257 g/mol. The van der Waals surface area contributed by atoms with Crippen molar-refractivity contribution >= 4 is 0 Å². The molecule has 0 aromatic heterocycles. The maximum atomic E-state index is 6.01. The van der Waals surface area contributed by atoms with E-state index in [-0.39, 0.29) is 12.1 Å². The van der Waals surface area contributed by atoms with E-state index in [1.165, 1.54) is 64.2 Å². The van der Waals surface area contributed by atoms with E-state index in [0.29, 0.717) is 0 Å². The molecular weight excluding hydrogens is 222 g/mol. The van der Waals surface area contributed by atoms with Gasteiger partial charge in [0.2, 0.25) is 0 Å². The predicted octanol–water partition coefficient (Wildman–Crippen LogP) is 4.66. The van der Waals surface area contributed by atoms with Crippen molar-refractivity contribution in [1.82, 2.24) is 0 Å². The highest BCUT2D eigenvalue weighted by Crippen LogP contribution is 2.12. The fraction of sp³-hybridized carbons (Fsp3) is 1.00. The lowest BCUT2D eigenvalue weighted by molar-refractivity contribution is 0.0920. The molecule has 2 nitrogen and oxygen atoms in total. The van der Waals surface area contributed by atoms with Crippen molar-refractivity contribution in [2.45, 2.75) is 96.6 Å². The summed E-state index contributed by atoms with van der Waals surface area (Å²) in [5.74, 6) is 0. The number of hydrogen-bond acceptors (Lipinski definition) is 2. The molecule has 0 radical (unpaired) electrons. The Kier molecular flexibility index (Phi) is 13.3. The van der Waals surface area contributed by atoms with Crippen molar-refractivity contribution in [3.63, 3.8) is 0 Å². The van der Waals surface area contributed by atoms with Crippen molar-refractivity contribution in [2.75, 3.05) is 7.11 Å². The largest absolute Gasteiger partial charge is 0.380 e. The van der Waals surface area contributed by atoms with Crippen LogP contribution in [0.4, 0.5) is 0 Å². The van der Waals surface area contributed by atoms with E-state index < -0.39 is 0 Å². The van der Waals surface area contributed by atoms with Gasteiger partial charge in [0, 0.05) is 13.2 Å². The smallest absolute Gasteiger partial charge is 0.0694 e. The molecule has 2 N–H and O–H groups in total. The quantitative estimate of drug-likeness (QED) is 0.487. The minimum atomic E-state index is 0.198. The van der Waals surface area contributed by atoms with Crippen LogP contribution in [-0.2, 0) is 4.74 Å². The summed E-state index contributed by atoms with van der Waals surface area (Å²) in [6, 6.07) is 0.212. The predicted molar refractivity (Wildman–Crippen MR) is 80.9 cm³/mol. The van der Waals surface area contributed by atoms with Crippen molar-refractivity contribution in [1.29, 1.82) is 0 Å². The molecule has 2 atom stereocenters. The molecule has 0 rings (SSSR count). The zero-order chi connectivity index (χ0) is 13.6. The molecule has 0 aromatic rings. The molecule has 0 aromatic carbocycles. The summed E-state index contributed by atoms with van der Waals surface area (Å²) in [6.45, 7) is 4.33. The number of rotatable bonds is 13. The first-order chi connectivity index (χ1) is 8.72. The molecule has 2 heteroatoms. The monoisotopic (exact) mass is 257 g/mol. The molecule has 0 bridgehead atoms. The van der Waals surface area contributed by atoms with Gasteiger partial charge < -0.3 is 10.5 Å². The second-order valence-electron chi connectivity index (χ2n) is 5.58. The van der Waals surface area contributed by atoms with E-state index in [1.807, 2.05) is 0 Å². The minimum absolute atomic E-state index is 0.198. The lowest BCUT2D eigenvalue weighted by atomic mass is 10.0. The number of nitrogens with two attached hydrogens (primary N) is 1. The molecule has 0 spiro atoms. The van der Waals surface area contributed by atoms with Crippen LogP contribution in [0, 0.1) is 0 Å². The molecule has 18 heavy (non-hydrogen) atoms. The van der Waals surface area contributed by atoms with E-state index in [9.17, 15) is 0 Å². The van der Waals surface area contributed by atoms with Crippen LogP contribution in [0.25, 0.3) is 0 Å². The molecule has 0 aliphatic heterocycles. The van der Waals surface area contributed by atoms with Crippen LogP contribution in [0.15, 0.2) is 0 Å². The summed E-state index contributed by atoms with van der Waals surface area (Å²) in [6.07, 6.45) is 15.1. The lowest BCUT2D eigenvalue weighted by Crippen LogP contribution is -2.33. The van der Waals surface area contributed by atoms with E-state index >= 15 is 0 Å². The van der Waals surface area contributed by atoms with E-state index in [1.54, 1.807) is 7.11 Å². The Labute approximate surface area is 115 Å². The summed E-state index contributed by atoms with van der Waals surface area (Å²) in [5, 5.41) is 0. The molecule has 2 unspecified atom stereocenters. The van der Waals surface area contributed by atoms with Crippen molar-refractivity contribution in [3.05, 3.63) is 0 Å². The Hall–Kier alpha value is -0.0800. The summed E-state index contributed by atoms with van der Waals surface area (Å²) in [4.78, 5) is 0. The fourth-order valence-corrected chi connectivity index (χ4v) is 2.28. The first-order valence-electron chi connectivity index (χ1n) is 8.00. The van der Waals surface area contributed by atoms with Gasteiger partial charge >= 0.3 is 0 Å². The van der Waals surface area contributed by atoms with Crippen LogP contribution in [0.5, 0.6) is 0 Å². The van der Waals surface area contributed by atoms with Crippen molar-refractivity contribution in [3.8, 4) is 0 Å². The molecule has 110 valence electrons. The van der Waals surface area contributed by atoms with Crippen molar-refractivity contribution < 1.29 is 4.74 Å². The summed E-state index contributed by atoms with van der Waals surface area (Å²) >= 11 is 0. The highest BCUT2D eigenvalue weighted by Gasteiger charge is 2.10. The second-order valence-corrected chi connectivity index (χ2v) is 5.58. The van der Waals surface area contributed by atoms with Gasteiger partial charge in [-0.3, -0.25) is 0 Å². The molecular formula is C16H35NO. The number of ether oxygens (including phenoxy) is 1. The third-order valence-electron chi connectivity index (χ3n) is 3.87. The molecule has 0 amide bonds. The van der Waals surface area contributed by atoms with Crippen LogP contribution in [0.2, 0.25) is 0 Å². The Balaban J connectivity index is 3.11. The van der Waals surface area contributed by atoms with Crippen molar-refractivity contribution in [2.24, 2.45) is 5.73 Å². The molecule has 0 heterocycles. The average Bonchev–Trinajstić information content (AvgIpc) is 2.39. The summed E-state index contributed by atoms with van der Waals surface area (Å²) < 4.78 is 5.23. The molecule has 0 saturated heterocycles. The first-order valence-corrected chi connectivity index (χ1v) is 8.00. The first kappa shape index (κ1) is 17.9. The zero-order valence-electron chi connectivity index (χ0n) is 12.9. The maximum Gasteiger partial charge on any atom is 0.0694 e. The lowest BCUT2D eigenvalue weighted by Gasteiger charge is -2.17. The standard InChI is InChI=1S/C16H35NO/c1-4-5-6-7-8-9-10-11-12-13-14-16(17)15(2)18-3/h15-16H,4-14,17H2,1-3H3. The van der Waals surface area contributed by atoms with Gasteiger partial charge in [-0.15, -0.1) is 0 Å². The van der Waals surface area contributed by atoms with Gasteiger partial charge in [0.05, 0.1) is 6.10 Å². The van der Waals surface area contributed by atoms with E-state index in [0.717, 1.165) is 6.42 Å². The Morgan fingerprint density at radius 3 is 1.72 bits per heavy atom. The van der Waals surface area contributed by atoms with Crippen LogP contribution in [0.1, 0.15) is 84.5 Å². The number of unbranched alkanes of at least 4 members (excludes halogenated alkanes) is 9. The van der Waals surface area contributed by atoms with Crippen LogP contribution >= 0.6 is 0 Å². The number of methoxy groups -OCH3 is 1. The third kappa shape index (κ3) is 11.0. The van der Waals surface area contributed by atoms with Gasteiger partial charge in [0.1, 0.15) is 0 Å². The van der Waals surface area contributed by atoms with Gasteiger partial charge in [0.25, 0.3) is 0 Å². The molecule has 0 aliphatic rings. The van der Waals surface area contributed by atoms with E-state index in [2.05, 4.69) is 13.8 Å². The van der Waals surface area contributed by atoms with Gasteiger partial charge in [0.15, 0.2) is 0 Å². The molecule has 0 aliphatic carbocycles. The molecule has 0 saturated carbocycles. The van der Waals surface area contributed by atoms with Gasteiger partial charge in [-0.25, -0.2) is 0 Å². The van der Waals surface area contributed by atoms with Crippen LogP contribution < -0.4 is 5.73 Å². The molecule has 0 fully saturated rings. The van der Waals surface area contributed by atoms with Gasteiger partial charge in [-0.1, -0.05) is 71.1 Å². The van der Waals surface area contributed by atoms with E-state index in [4.69, 9.17) is 10.5 Å². The number of hydrogen-bond donors (Lipinski definition) is 1. The maximum absolute atomic E-state index is 6.01. The van der Waals surface area contributed by atoms with Crippen LogP contribution in [-0.4, -0.2) is 19.3 Å². The minimum Gasteiger partial charge on any atom is -0.380 e. The zero-order valence-corrected chi connectivity index (χ0v) is 12.9. The Morgan fingerprint density at radius 1 is 0.833 bits per heavy atom. The van der Waals surface area contributed by atoms with Crippen LogP contribution in [0.3, 0.4) is 0 Å². The topological polar surface area (TPSA) is 35.2 Å². The van der Waals surface area contributed by atoms with Gasteiger partial charge in [-0.2, -0.15) is 0 Å². The Bertz CT molecular complexity index is 161. The third-order valence-corrected chi connectivity index (χ3v) is 3.87. The van der Waals surface area contributed by atoms with Gasteiger partial charge in [-0.05, 0) is 13.3 Å². The highest BCUT2D eigenvalue weighted by atomic mass is 16.5. The Morgan fingerprint density at radius 2 is 1.28 bits per heavy atom.